The summed E-state index contributed by atoms with van der Waals surface area (Å²) in [5, 5.41) is 12.1. The van der Waals surface area contributed by atoms with Gasteiger partial charge in [-0.2, -0.15) is 0 Å². The van der Waals surface area contributed by atoms with Crippen LogP contribution in [0.3, 0.4) is 0 Å². The molecule has 118 valence electrons. The second-order valence-electron chi connectivity index (χ2n) is 5.61. The summed E-state index contributed by atoms with van der Waals surface area (Å²) in [7, 11) is 0. The zero-order valence-corrected chi connectivity index (χ0v) is 15.1. The number of nitrogens with zero attached hydrogens (tertiary/aromatic N) is 2. The Kier molecular flexibility index (Phi) is 5.58. The van der Waals surface area contributed by atoms with Crippen LogP contribution in [-0.2, 0) is 0 Å². The second kappa shape index (κ2) is 7.24. The normalized spacial score (nSPS) is 12.5. The van der Waals surface area contributed by atoms with Crippen molar-refractivity contribution < 1.29 is 4.79 Å². The molecule has 0 fully saturated rings. The molecule has 0 spiro atoms. The molecule has 0 saturated carbocycles. The molecule has 6 heteroatoms. The molecule has 1 heterocycles. The molecule has 2 rings (SSSR count). The van der Waals surface area contributed by atoms with Crippen LogP contribution in [0.15, 0.2) is 22.5 Å². The van der Waals surface area contributed by atoms with Gasteiger partial charge in [0.15, 0.2) is 10.1 Å². The molecule has 22 heavy (non-hydrogen) atoms. The Hall–Kier alpha value is -1.40. The number of benzene rings is 1. The van der Waals surface area contributed by atoms with Gasteiger partial charge in [-0.15, -0.1) is 10.2 Å². The highest BCUT2D eigenvalue weighted by atomic mass is 32.2. The van der Waals surface area contributed by atoms with Crippen LogP contribution in [0, 0.1) is 13.8 Å². The first-order valence-corrected chi connectivity index (χ1v) is 8.94. The van der Waals surface area contributed by atoms with Crippen LogP contribution in [0.25, 0.3) is 0 Å². The summed E-state index contributed by atoms with van der Waals surface area (Å²) in [5.74, 6) is 0.139. The fourth-order valence-corrected chi connectivity index (χ4v) is 4.10. The molecule has 1 N–H and O–H groups in total. The smallest absolute Gasteiger partial charge is 0.206 e. The molecule has 1 unspecified atom stereocenters. The van der Waals surface area contributed by atoms with E-state index < -0.39 is 0 Å². The van der Waals surface area contributed by atoms with Gasteiger partial charge < -0.3 is 5.32 Å². The zero-order chi connectivity index (χ0) is 16.3. The fraction of sp³-hybridized carbons (Fsp3) is 0.438. The number of carbonyl (C=O) groups excluding carboxylic acids is 1. The first-order chi connectivity index (χ1) is 10.4. The van der Waals surface area contributed by atoms with Crippen LogP contribution in [0.1, 0.15) is 42.3 Å². The quantitative estimate of drug-likeness (QED) is 0.628. The number of aromatic nitrogens is 2. The largest absolute Gasteiger partial charge is 0.358 e. The van der Waals surface area contributed by atoms with E-state index in [-0.39, 0.29) is 11.0 Å². The number of aryl methyl sites for hydroxylation is 2. The molecule has 1 aromatic carbocycles. The molecule has 0 bridgehead atoms. The van der Waals surface area contributed by atoms with E-state index in [1.807, 2.05) is 39.0 Å². The van der Waals surface area contributed by atoms with Crippen molar-refractivity contribution in [1.29, 1.82) is 0 Å². The van der Waals surface area contributed by atoms with E-state index in [1.54, 1.807) is 0 Å². The second-order valence-corrected chi connectivity index (χ2v) is 8.18. The molecular formula is C16H21N3OS2. The van der Waals surface area contributed by atoms with Crippen LogP contribution < -0.4 is 5.32 Å². The Bertz CT molecular complexity index is 667. The average molecular weight is 335 g/mol. The number of thioether (sulfide) groups is 1. The Balaban J connectivity index is 2.08. The van der Waals surface area contributed by atoms with Crippen molar-refractivity contribution in [2.24, 2.45) is 0 Å². The van der Waals surface area contributed by atoms with Crippen LogP contribution >= 0.6 is 23.1 Å². The molecule has 0 aliphatic carbocycles. The molecule has 0 saturated heterocycles. The van der Waals surface area contributed by atoms with Gasteiger partial charge in [-0.25, -0.2) is 0 Å². The highest BCUT2D eigenvalue weighted by molar-refractivity contribution is 8.02. The predicted molar refractivity (Wildman–Crippen MR) is 94.2 cm³/mol. The van der Waals surface area contributed by atoms with Crippen molar-refractivity contribution in [3.05, 3.63) is 34.9 Å². The minimum Gasteiger partial charge on any atom is -0.358 e. The SMILES string of the molecule is Cc1ccc(C)c(C(=O)C(C)Sc2nnc(NC(C)C)s2)c1. The first kappa shape index (κ1) is 17.0. The minimum atomic E-state index is -0.180. The third kappa shape index (κ3) is 4.30. The maximum absolute atomic E-state index is 12.6. The summed E-state index contributed by atoms with van der Waals surface area (Å²) in [6, 6.07) is 6.30. The topological polar surface area (TPSA) is 54.9 Å². The monoisotopic (exact) mass is 335 g/mol. The van der Waals surface area contributed by atoms with Gasteiger partial charge in [-0.1, -0.05) is 40.8 Å². The van der Waals surface area contributed by atoms with Gasteiger partial charge in [0.1, 0.15) is 0 Å². The molecule has 0 aliphatic heterocycles. The van der Waals surface area contributed by atoms with E-state index in [4.69, 9.17) is 0 Å². The van der Waals surface area contributed by atoms with Crippen molar-refractivity contribution in [1.82, 2.24) is 10.2 Å². The number of Topliss-reactive ketones (excluding diaryl/α,β-unsaturated/α-hetero) is 1. The standard InChI is InChI=1S/C16H21N3OS2/c1-9(2)17-15-18-19-16(22-15)21-12(5)14(20)13-8-10(3)6-7-11(13)4/h6-9,12H,1-5H3,(H,17,18). The summed E-state index contributed by atoms with van der Waals surface area (Å²) in [4.78, 5) is 12.6. The first-order valence-electron chi connectivity index (χ1n) is 7.25. The van der Waals surface area contributed by atoms with Crippen molar-refractivity contribution in [2.75, 3.05) is 5.32 Å². The number of anilines is 1. The van der Waals surface area contributed by atoms with Crippen molar-refractivity contribution in [3.63, 3.8) is 0 Å². The van der Waals surface area contributed by atoms with E-state index in [0.717, 1.165) is 26.2 Å². The molecule has 0 amide bonds. The van der Waals surface area contributed by atoms with Crippen LogP contribution in [0.4, 0.5) is 5.13 Å². The summed E-state index contributed by atoms with van der Waals surface area (Å²) in [6.07, 6.45) is 0. The third-order valence-electron chi connectivity index (χ3n) is 3.12. The zero-order valence-electron chi connectivity index (χ0n) is 13.5. The lowest BCUT2D eigenvalue weighted by molar-refractivity contribution is 0.0993. The maximum Gasteiger partial charge on any atom is 0.206 e. The number of nitrogens with one attached hydrogen (secondary N) is 1. The van der Waals surface area contributed by atoms with Gasteiger partial charge in [-0.05, 0) is 46.2 Å². The van der Waals surface area contributed by atoms with E-state index >= 15 is 0 Å². The number of hydrogen-bond acceptors (Lipinski definition) is 6. The summed E-state index contributed by atoms with van der Waals surface area (Å²) in [5.41, 5.74) is 2.91. The van der Waals surface area contributed by atoms with Gasteiger partial charge in [0, 0.05) is 11.6 Å². The lowest BCUT2D eigenvalue weighted by Gasteiger charge is -2.11. The molecule has 1 aromatic heterocycles. The lowest BCUT2D eigenvalue weighted by atomic mass is 10.0. The lowest BCUT2D eigenvalue weighted by Crippen LogP contribution is -2.15. The third-order valence-corrected chi connectivity index (χ3v) is 5.16. The van der Waals surface area contributed by atoms with Crippen LogP contribution in [0.2, 0.25) is 0 Å². The molecule has 1 atom stereocenters. The molecule has 0 radical (unpaired) electrons. The average Bonchev–Trinajstić information content (AvgIpc) is 2.87. The van der Waals surface area contributed by atoms with Gasteiger partial charge in [0.05, 0.1) is 5.25 Å². The minimum absolute atomic E-state index is 0.139. The predicted octanol–water partition coefficient (Wildman–Crippen LogP) is 4.34. The molecule has 0 aliphatic rings. The summed E-state index contributed by atoms with van der Waals surface area (Å²) < 4.78 is 0.814. The van der Waals surface area contributed by atoms with Gasteiger partial charge in [0.2, 0.25) is 5.13 Å². The van der Waals surface area contributed by atoms with Crippen LogP contribution in [-0.4, -0.2) is 27.3 Å². The van der Waals surface area contributed by atoms with E-state index in [0.29, 0.717) is 6.04 Å². The Morgan fingerprint density at radius 2 is 1.95 bits per heavy atom. The maximum atomic E-state index is 12.6. The molecule has 4 nitrogen and oxygen atoms in total. The number of carbonyl (C=O) groups is 1. The van der Waals surface area contributed by atoms with E-state index in [2.05, 4.69) is 29.4 Å². The fourth-order valence-electron chi connectivity index (χ4n) is 1.99. The molecule has 2 aromatic rings. The van der Waals surface area contributed by atoms with Gasteiger partial charge in [0.25, 0.3) is 0 Å². The van der Waals surface area contributed by atoms with Crippen molar-refractivity contribution in [2.45, 2.75) is 50.3 Å². The van der Waals surface area contributed by atoms with E-state index in [1.165, 1.54) is 23.1 Å². The van der Waals surface area contributed by atoms with Crippen molar-refractivity contribution >= 4 is 34.0 Å². The van der Waals surface area contributed by atoms with Crippen molar-refractivity contribution in [3.8, 4) is 0 Å². The Morgan fingerprint density at radius 1 is 1.23 bits per heavy atom. The number of hydrogen-bond donors (Lipinski definition) is 1. The number of ketones is 1. The Labute approximate surface area is 139 Å². The highest BCUT2D eigenvalue weighted by Gasteiger charge is 2.20. The van der Waals surface area contributed by atoms with E-state index in [9.17, 15) is 4.79 Å². The number of rotatable bonds is 6. The molecular weight excluding hydrogens is 314 g/mol. The van der Waals surface area contributed by atoms with Gasteiger partial charge >= 0.3 is 0 Å². The summed E-state index contributed by atoms with van der Waals surface area (Å²) >= 11 is 2.95. The Morgan fingerprint density at radius 3 is 2.64 bits per heavy atom. The highest BCUT2D eigenvalue weighted by Crippen LogP contribution is 2.31. The summed E-state index contributed by atoms with van der Waals surface area (Å²) in [6.45, 7) is 10.0. The van der Waals surface area contributed by atoms with Crippen LogP contribution in [0.5, 0.6) is 0 Å². The van der Waals surface area contributed by atoms with Gasteiger partial charge in [-0.3, -0.25) is 4.79 Å².